The van der Waals surface area contributed by atoms with Gasteiger partial charge < -0.3 is 15.4 Å². The number of fused-ring (bicyclic) bond motifs is 1. The van der Waals surface area contributed by atoms with Crippen LogP contribution in [0.1, 0.15) is 47.4 Å². The maximum absolute atomic E-state index is 13.3. The molecular weight excluding hydrogens is 472 g/mol. The van der Waals surface area contributed by atoms with Crippen molar-refractivity contribution < 1.29 is 14.3 Å². The number of ether oxygens (including phenoxy) is 1. The standard InChI is InChI=1S/C26H34N8O3/c1-17-13-33(14-18(2)30-17)15-20-9-19-5-4-7-34(25(19)31-23(20)16-35)26(36)32-24-10-22(28-6-8-37-3)21(11-27)12-29-24/h9-10,12,16-18,30H,4-8,13-15H2,1-3H3,(H2,28,29,32,36). The van der Waals surface area contributed by atoms with Crippen LogP contribution in [0.15, 0.2) is 18.3 Å². The molecule has 1 saturated heterocycles. The fourth-order valence-electron chi connectivity index (χ4n) is 5.02. The number of aldehydes is 1. The number of urea groups is 1. The maximum Gasteiger partial charge on any atom is 0.328 e. The molecule has 2 unspecified atom stereocenters. The number of methoxy groups -OCH3 is 1. The maximum atomic E-state index is 13.3. The van der Waals surface area contributed by atoms with Crippen LogP contribution in [0, 0.1) is 11.3 Å². The highest BCUT2D eigenvalue weighted by molar-refractivity contribution is 6.01. The van der Waals surface area contributed by atoms with Crippen molar-refractivity contribution in [2.75, 3.05) is 55.4 Å². The number of rotatable bonds is 8. The average molecular weight is 507 g/mol. The average Bonchev–Trinajstić information content (AvgIpc) is 2.87. The first-order valence-electron chi connectivity index (χ1n) is 12.6. The summed E-state index contributed by atoms with van der Waals surface area (Å²) in [5.41, 5.74) is 3.13. The Morgan fingerprint density at radius 3 is 2.81 bits per heavy atom. The van der Waals surface area contributed by atoms with Gasteiger partial charge in [0, 0.05) is 64.2 Å². The number of carbonyl (C=O) groups is 2. The summed E-state index contributed by atoms with van der Waals surface area (Å²) in [6, 6.07) is 6.11. The van der Waals surface area contributed by atoms with Gasteiger partial charge in [-0.15, -0.1) is 0 Å². The van der Waals surface area contributed by atoms with Crippen LogP contribution in [-0.4, -0.2) is 79.2 Å². The van der Waals surface area contributed by atoms with Crippen LogP contribution in [0.25, 0.3) is 0 Å². The first kappa shape index (κ1) is 26.5. The van der Waals surface area contributed by atoms with Crippen LogP contribution in [-0.2, 0) is 17.7 Å². The lowest BCUT2D eigenvalue weighted by molar-refractivity contribution is 0.111. The molecule has 3 N–H and O–H groups in total. The highest BCUT2D eigenvalue weighted by Crippen LogP contribution is 2.29. The Bertz CT molecular complexity index is 1170. The van der Waals surface area contributed by atoms with Gasteiger partial charge in [0.05, 0.1) is 17.9 Å². The van der Waals surface area contributed by atoms with Crippen LogP contribution in [0.5, 0.6) is 0 Å². The van der Waals surface area contributed by atoms with Gasteiger partial charge in [-0.1, -0.05) is 0 Å². The Labute approximate surface area is 217 Å². The lowest BCUT2D eigenvalue weighted by Gasteiger charge is -2.36. The molecule has 1 fully saturated rings. The molecule has 11 heteroatoms. The molecule has 0 radical (unpaired) electrons. The molecule has 37 heavy (non-hydrogen) atoms. The van der Waals surface area contributed by atoms with Crippen LogP contribution in [0.3, 0.4) is 0 Å². The number of aryl methyl sites for hydroxylation is 1. The minimum Gasteiger partial charge on any atom is -0.383 e. The molecule has 0 saturated carbocycles. The van der Waals surface area contributed by atoms with E-state index in [1.54, 1.807) is 18.1 Å². The van der Waals surface area contributed by atoms with Crippen molar-refractivity contribution in [3.63, 3.8) is 0 Å². The highest BCUT2D eigenvalue weighted by Gasteiger charge is 2.28. The first-order chi connectivity index (χ1) is 17.9. The van der Waals surface area contributed by atoms with Gasteiger partial charge in [-0.05, 0) is 43.9 Å². The number of nitrogens with one attached hydrogen (secondary N) is 3. The predicted octanol–water partition coefficient (Wildman–Crippen LogP) is 2.39. The van der Waals surface area contributed by atoms with Gasteiger partial charge in [0.15, 0.2) is 6.29 Å². The molecule has 196 valence electrons. The Kier molecular flexibility index (Phi) is 8.66. The van der Waals surface area contributed by atoms with E-state index in [-0.39, 0.29) is 6.03 Å². The topological polar surface area (TPSA) is 136 Å². The van der Waals surface area contributed by atoms with Crippen molar-refractivity contribution in [2.24, 2.45) is 0 Å². The lowest BCUT2D eigenvalue weighted by atomic mass is 10.0. The quantitative estimate of drug-likeness (QED) is 0.364. The molecule has 2 aromatic heterocycles. The minimum absolute atomic E-state index is 0.310. The van der Waals surface area contributed by atoms with Crippen LogP contribution in [0.4, 0.5) is 22.1 Å². The Balaban J connectivity index is 1.53. The summed E-state index contributed by atoms with van der Waals surface area (Å²) in [5.74, 6) is 0.814. The van der Waals surface area contributed by atoms with E-state index >= 15 is 0 Å². The summed E-state index contributed by atoms with van der Waals surface area (Å²) < 4.78 is 5.05. The predicted molar refractivity (Wildman–Crippen MR) is 141 cm³/mol. The summed E-state index contributed by atoms with van der Waals surface area (Å²) in [5, 5.41) is 18.8. The Hall–Kier alpha value is -3.59. The Morgan fingerprint density at radius 1 is 1.32 bits per heavy atom. The van der Waals surface area contributed by atoms with Gasteiger partial charge in [0.1, 0.15) is 23.4 Å². The number of pyridine rings is 2. The van der Waals surface area contributed by atoms with Crippen LogP contribution < -0.4 is 20.9 Å². The number of amides is 2. The molecule has 4 heterocycles. The monoisotopic (exact) mass is 506 g/mol. The molecule has 0 spiro atoms. The second-order valence-electron chi connectivity index (χ2n) is 9.63. The molecule has 2 amide bonds. The molecule has 11 nitrogen and oxygen atoms in total. The molecule has 0 aromatic carbocycles. The number of hydrogen-bond acceptors (Lipinski definition) is 9. The third kappa shape index (κ3) is 6.40. The number of aromatic nitrogens is 2. The zero-order valence-corrected chi connectivity index (χ0v) is 21.6. The van der Waals surface area contributed by atoms with Crippen molar-refractivity contribution in [3.05, 3.63) is 40.7 Å². The van der Waals surface area contributed by atoms with Gasteiger partial charge in [0.25, 0.3) is 0 Å². The number of nitriles is 1. The molecule has 2 atom stereocenters. The largest absolute Gasteiger partial charge is 0.383 e. The molecule has 2 aliphatic heterocycles. The smallest absolute Gasteiger partial charge is 0.328 e. The van der Waals surface area contributed by atoms with Gasteiger partial charge in [-0.2, -0.15) is 5.26 Å². The number of carbonyl (C=O) groups excluding carboxylic acids is 2. The van der Waals surface area contributed by atoms with Gasteiger partial charge in [0.2, 0.25) is 0 Å². The number of hydrogen-bond donors (Lipinski definition) is 3. The van der Waals surface area contributed by atoms with E-state index < -0.39 is 0 Å². The van der Waals surface area contributed by atoms with Gasteiger partial charge in [-0.25, -0.2) is 14.8 Å². The van der Waals surface area contributed by atoms with Crippen molar-refractivity contribution >= 4 is 29.6 Å². The van der Waals surface area contributed by atoms with Crippen LogP contribution in [0.2, 0.25) is 0 Å². The van der Waals surface area contributed by atoms with E-state index in [2.05, 4.69) is 50.7 Å². The lowest BCUT2D eigenvalue weighted by Crippen LogP contribution is -2.53. The summed E-state index contributed by atoms with van der Waals surface area (Å²) in [7, 11) is 1.60. The summed E-state index contributed by atoms with van der Waals surface area (Å²) in [4.78, 5) is 38.0. The normalized spacial score (nSPS) is 19.6. The zero-order valence-electron chi connectivity index (χ0n) is 21.6. The summed E-state index contributed by atoms with van der Waals surface area (Å²) in [6.45, 7) is 8.21. The zero-order chi connectivity index (χ0) is 26.4. The SMILES string of the molecule is COCCNc1cc(NC(=O)N2CCCc3cc(CN4CC(C)NC(C)C4)c(C=O)nc32)ncc1C#N. The number of anilines is 3. The van der Waals surface area contributed by atoms with E-state index in [0.717, 1.165) is 43.3 Å². The first-order valence-corrected chi connectivity index (χ1v) is 12.6. The van der Waals surface area contributed by atoms with E-state index in [9.17, 15) is 14.9 Å². The van der Waals surface area contributed by atoms with Crippen molar-refractivity contribution in [1.82, 2.24) is 20.2 Å². The third-order valence-corrected chi connectivity index (χ3v) is 6.54. The van der Waals surface area contributed by atoms with E-state index in [4.69, 9.17) is 4.74 Å². The van der Waals surface area contributed by atoms with Crippen molar-refractivity contribution in [2.45, 2.75) is 45.3 Å². The van der Waals surface area contributed by atoms with Crippen molar-refractivity contribution in [1.29, 1.82) is 5.26 Å². The fraction of sp³-hybridized carbons (Fsp3) is 0.500. The number of piperazine rings is 1. The molecule has 4 rings (SSSR count). The fourth-order valence-corrected chi connectivity index (χ4v) is 5.02. The third-order valence-electron chi connectivity index (χ3n) is 6.54. The van der Waals surface area contributed by atoms with Crippen LogP contribution >= 0.6 is 0 Å². The minimum atomic E-state index is -0.386. The molecule has 2 aliphatic rings. The van der Waals surface area contributed by atoms with E-state index in [1.165, 1.54) is 6.20 Å². The molecule has 2 aromatic rings. The van der Waals surface area contributed by atoms with Gasteiger partial charge in [-0.3, -0.25) is 19.9 Å². The summed E-state index contributed by atoms with van der Waals surface area (Å²) >= 11 is 0. The van der Waals surface area contributed by atoms with E-state index in [0.29, 0.717) is 66.9 Å². The molecular formula is C26H34N8O3. The second kappa shape index (κ2) is 12.1. The van der Waals surface area contributed by atoms with Crippen molar-refractivity contribution in [3.8, 4) is 6.07 Å². The second-order valence-corrected chi connectivity index (χ2v) is 9.63. The number of nitrogens with zero attached hydrogens (tertiary/aromatic N) is 5. The Morgan fingerprint density at radius 2 is 2.11 bits per heavy atom. The molecule has 0 bridgehead atoms. The van der Waals surface area contributed by atoms with E-state index in [1.807, 2.05) is 6.07 Å². The van der Waals surface area contributed by atoms with Gasteiger partial charge >= 0.3 is 6.03 Å². The highest BCUT2D eigenvalue weighted by atomic mass is 16.5. The summed E-state index contributed by atoms with van der Waals surface area (Å²) in [6.07, 6.45) is 3.76. The molecule has 0 aliphatic carbocycles.